The number of hydrogen-bond acceptors (Lipinski definition) is 3. The average Bonchev–Trinajstić information content (AvgIpc) is 2.60. The van der Waals surface area contributed by atoms with E-state index in [0.717, 1.165) is 44.2 Å². The van der Waals surface area contributed by atoms with E-state index in [1.807, 2.05) is 6.07 Å². The van der Waals surface area contributed by atoms with Crippen LogP contribution in [0.4, 0.5) is 0 Å². The van der Waals surface area contributed by atoms with Crippen molar-refractivity contribution in [1.82, 2.24) is 5.32 Å². The molecule has 3 nitrogen and oxygen atoms in total. The molecule has 0 bridgehead atoms. The van der Waals surface area contributed by atoms with Crippen LogP contribution in [0.5, 0.6) is 11.5 Å². The van der Waals surface area contributed by atoms with E-state index >= 15 is 0 Å². The van der Waals surface area contributed by atoms with Gasteiger partial charge in [-0.05, 0) is 30.2 Å². The van der Waals surface area contributed by atoms with Gasteiger partial charge < -0.3 is 14.8 Å². The summed E-state index contributed by atoms with van der Waals surface area (Å²) in [5.74, 6) is 2.26. The van der Waals surface area contributed by atoms with Crippen molar-refractivity contribution in [1.29, 1.82) is 0 Å². The molecule has 94 valence electrons. The van der Waals surface area contributed by atoms with Crippen LogP contribution in [-0.2, 0) is 0 Å². The predicted octanol–water partition coefficient (Wildman–Crippen LogP) is 2.56. The standard InChI is InChI=1S/C14H21NO2/c1-3-15-10-11(2)12-5-6-13-14(9-12)17-8-4-7-16-13/h5-6,9,11,15H,3-4,7-8,10H2,1-2H3. The normalized spacial score (nSPS) is 16.4. The van der Waals surface area contributed by atoms with E-state index in [9.17, 15) is 0 Å². The molecule has 0 fully saturated rings. The molecular weight excluding hydrogens is 214 g/mol. The van der Waals surface area contributed by atoms with E-state index in [4.69, 9.17) is 9.47 Å². The second-order valence-corrected chi connectivity index (χ2v) is 4.47. The Bertz CT molecular complexity index is 365. The Morgan fingerprint density at radius 1 is 1.24 bits per heavy atom. The predicted molar refractivity (Wildman–Crippen MR) is 69.0 cm³/mol. The van der Waals surface area contributed by atoms with Crippen molar-refractivity contribution in [3.05, 3.63) is 23.8 Å². The highest BCUT2D eigenvalue weighted by Gasteiger charge is 2.13. The quantitative estimate of drug-likeness (QED) is 0.870. The zero-order chi connectivity index (χ0) is 12.1. The second-order valence-electron chi connectivity index (χ2n) is 4.47. The summed E-state index contributed by atoms with van der Waals surface area (Å²) in [6, 6.07) is 6.27. The Balaban J connectivity index is 2.11. The smallest absolute Gasteiger partial charge is 0.161 e. The van der Waals surface area contributed by atoms with E-state index in [1.54, 1.807) is 0 Å². The summed E-state index contributed by atoms with van der Waals surface area (Å²) >= 11 is 0. The van der Waals surface area contributed by atoms with Crippen LogP contribution in [0.25, 0.3) is 0 Å². The van der Waals surface area contributed by atoms with Gasteiger partial charge in [-0.2, -0.15) is 0 Å². The van der Waals surface area contributed by atoms with Gasteiger partial charge in [-0.3, -0.25) is 0 Å². The van der Waals surface area contributed by atoms with E-state index in [-0.39, 0.29) is 0 Å². The first-order valence-corrected chi connectivity index (χ1v) is 6.41. The molecule has 17 heavy (non-hydrogen) atoms. The number of benzene rings is 1. The fourth-order valence-electron chi connectivity index (χ4n) is 1.97. The minimum absolute atomic E-state index is 0.493. The molecule has 0 saturated heterocycles. The van der Waals surface area contributed by atoms with E-state index in [2.05, 4.69) is 31.3 Å². The molecule has 2 rings (SSSR count). The lowest BCUT2D eigenvalue weighted by molar-refractivity contribution is 0.297. The van der Waals surface area contributed by atoms with Crippen LogP contribution in [0.2, 0.25) is 0 Å². The largest absolute Gasteiger partial charge is 0.490 e. The number of ether oxygens (including phenoxy) is 2. The van der Waals surface area contributed by atoms with E-state index in [0.29, 0.717) is 5.92 Å². The first kappa shape index (κ1) is 12.2. The van der Waals surface area contributed by atoms with Gasteiger partial charge in [-0.15, -0.1) is 0 Å². The first-order valence-electron chi connectivity index (χ1n) is 6.41. The molecular formula is C14H21NO2. The van der Waals surface area contributed by atoms with Gasteiger partial charge in [-0.1, -0.05) is 19.9 Å². The molecule has 1 unspecified atom stereocenters. The molecule has 1 heterocycles. The van der Waals surface area contributed by atoms with Crippen molar-refractivity contribution in [3.8, 4) is 11.5 Å². The lowest BCUT2D eigenvalue weighted by atomic mass is 10.0. The van der Waals surface area contributed by atoms with Crippen LogP contribution in [-0.4, -0.2) is 26.3 Å². The summed E-state index contributed by atoms with van der Waals surface area (Å²) in [6.07, 6.45) is 0.955. The number of fused-ring (bicyclic) bond motifs is 1. The first-order chi connectivity index (χ1) is 8.31. The number of likely N-dealkylation sites (N-methyl/N-ethyl adjacent to an activating group) is 1. The van der Waals surface area contributed by atoms with Crippen molar-refractivity contribution in [2.75, 3.05) is 26.3 Å². The Morgan fingerprint density at radius 2 is 2.00 bits per heavy atom. The summed E-state index contributed by atoms with van der Waals surface area (Å²) in [7, 11) is 0. The minimum Gasteiger partial charge on any atom is -0.490 e. The van der Waals surface area contributed by atoms with Crippen LogP contribution in [0.15, 0.2) is 18.2 Å². The monoisotopic (exact) mass is 235 g/mol. The zero-order valence-electron chi connectivity index (χ0n) is 10.7. The van der Waals surface area contributed by atoms with Crippen LogP contribution < -0.4 is 14.8 Å². The second kappa shape index (κ2) is 5.92. The maximum atomic E-state index is 5.70. The molecule has 1 N–H and O–H groups in total. The summed E-state index contributed by atoms with van der Waals surface area (Å²) in [4.78, 5) is 0. The van der Waals surface area contributed by atoms with Crippen molar-refractivity contribution in [3.63, 3.8) is 0 Å². The Hall–Kier alpha value is -1.22. The van der Waals surface area contributed by atoms with Crippen LogP contribution in [0.3, 0.4) is 0 Å². The SMILES string of the molecule is CCNCC(C)c1ccc2c(c1)OCCCO2. The molecule has 0 radical (unpaired) electrons. The summed E-state index contributed by atoms with van der Waals surface area (Å²) in [6.45, 7) is 7.85. The third-order valence-corrected chi connectivity index (χ3v) is 3.04. The molecule has 1 aliphatic rings. The van der Waals surface area contributed by atoms with Crippen molar-refractivity contribution in [2.45, 2.75) is 26.2 Å². The lowest BCUT2D eigenvalue weighted by Crippen LogP contribution is -2.19. The highest BCUT2D eigenvalue weighted by molar-refractivity contribution is 5.44. The summed E-state index contributed by atoms with van der Waals surface area (Å²) in [5.41, 5.74) is 1.30. The van der Waals surface area contributed by atoms with Gasteiger partial charge in [0.15, 0.2) is 11.5 Å². The summed E-state index contributed by atoms with van der Waals surface area (Å²) < 4.78 is 11.3. The number of rotatable bonds is 4. The van der Waals surface area contributed by atoms with Crippen LogP contribution in [0.1, 0.15) is 31.7 Å². The van der Waals surface area contributed by atoms with Gasteiger partial charge in [0.05, 0.1) is 13.2 Å². The molecule has 1 aromatic rings. The molecule has 0 amide bonds. The van der Waals surface area contributed by atoms with Gasteiger partial charge in [-0.25, -0.2) is 0 Å². The van der Waals surface area contributed by atoms with Crippen LogP contribution in [0, 0.1) is 0 Å². The van der Waals surface area contributed by atoms with Gasteiger partial charge in [0.25, 0.3) is 0 Å². The Labute approximate surface area is 103 Å². The summed E-state index contributed by atoms with van der Waals surface area (Å²) in [5, 5.41) is 3.37. The molecule has 0 saturated carbocycles. The molecule has 1 atom stereocenters. The number of nitrogens with one attached hydrogen (secondary N) is 1. The van der Waals surface area contributed by atoms with Gasteiger partial charge in [0.2, 0.25) is 0 Å². The average molecular weight is 235 g/mol. The fraction of sp³-hybridized carbons (Fsp3) is 0.571. The van der Waals surface area contributed by atoms with E-state index < -0.39 is 0 Å². The topological polar surface area (TPSA) is 30.5 Å². The maximum absolute atomic E-state index is 5.70. The van der Waals surface area contributed by atoms with Gasteiger partial charge >= 0.3 is 0 Å². The van der Waals surface area contributed by atoms with Crippen molar-refractivity contribution in [2.24, 2.45) is 0 Å². The molecule has 1 aliphatic heterocycles. The van der Waals surface area contributed by atoms with Gasteiger partial charge in [0.1, 0.15) is 0 Å². The fourth-order valence-corrected chi connectivity index (χ4v) is 1.97. The Kier molecular flexibility index (Phi) is 4.26. The number of hydrogen-bond donors (Lipinski definition) is 1. The minimum atomic E-state index is 0.493. The molecule has 0 aromatic heterocycles. The van der Waals surface area contributed by atoms with E-state index in [1.165, 1.54) is 5.56 Å². The molecule has 1 aromatic carbocycles. The molecule has 3 heteroatoms. The third-order valence-electron chi connectivity index (χ3n) is 3.04. The van der Waals surface area contributed by atoms with Gasteiger partial charge in [0, 0.05) is 13.0 Å². The highest BCUT2D eigenvalue weighted by atomic mass is 16.5. The zero-order valence-corrected chi connectivity index (χ0v) is 10.7. The maximum Gasteiger partial charge on any atom is 0.161 e. The van der Waals surface area contributed by atoms with Crippen molar-refractivity contribution >= 4 is 0 Å². The van der Waals surface area contributed by atoms with Crippen molar-refractivity contribution < 1.29 is 9.47 Å². The lowest BCUT2D eigenvalue weighted by Gasteiger charge is -2.15. The molecule has 0 spiro atoms. The van der Waals surface area contributed by atoms with Crippen LogP contribution >= 0.6 is 0 Å². The highest BCUT2D eigenvalue weighted by Crippen LogP contribution is 2.32. The Morgan fingerprint density at radius 3 is 2.76 bits per heavy atom. The third kappa shape index (κ3) is 3.13. The molecule has 0 aliphatic carbocycles.